The van der Waals surface area contributed by atoms with Crippen molar-refractivity contribution in [1.82, 2.24) is 9.29 Å². The molecule has 1 fully saturated rings. The minimum Gasteiger partial charge on any atom is -0.494 e. The Morgan fingerprint density at radius 2 is 1.91 bits per heavy atom. The molecule has 0 bridgehead atoms. The van der Waals surface area contributed by atoms with E-state index in [0.29, 0.717) is 31.3 Å². The summed E-state index contributed by atoms with van der Waals surface area (Å²) in [4.78, 5) is 4.33. The Morgan fingerprint density at radius 1 is 1.17 bits per heavy atom. The fraction of sp³-hybridized carbons (Fsp3) is 0.312. The van der Waals surface area contributed by atoms with E-state index in [-0.39, 0.29) is 11.0 Å². The second-order valence-electron chi connectivity index (χ2n) is 5.13. The lowest BCUT2D eigenvalue weighted by atomic mass is 10.2. The summed E-state index contributed by atoms with van der Waals surface area (Å²) in [7, 11) is -3.48. The zero-order chi connectivity index (χ0) is 16.3. The molecule has 7 heteroatoms. The monoisotopic (exact) mass is 334 g/mol. The van der Waals surface area contributed by atoms with Gasteiger partial charge in [-0.15, -0.1) is 0 Å². The molecule has 1 aromatic heterocycles. The molecule has 6 nitrogen and oxygen atoms in total. The molecule has 1 saturated heterocycles. The number of nitrogens with zero attached hydrogens (tertiary/aromatic N) is 2. The van der Waals surface area contributed by atoms with Gasteiger partial charge in [0.1, 0.15) is 11.9 Å². The minimum absolute atomic E-state index is 0.164. The smallest absolute Gasteiger partial charge is 0.243 e. The molecule has 0 saturated carbocycles. The van der Waals surface area contributed by atoms with Crippen LogP contribution in [0, 0.1) is 0 Å². The number of hydrogen-bond acceptors (Lipinski definition) is 5. The van der Waals surface area contributed by atoms with Gasteiger partial charge in [0, 0.05) is 12.3 Å². The summed E-state index contributed by atoms with van der Waals surface area (Å²) in [5.74, 6) is 1.17. The van der Waals surface area contributed by atoms with Crippen molar-refractivity contribution >= 4 is 10.0 Å². The van der Waals surface area contributed by atoms with Gasteiger partial charge in [-0.2, -0.15) is 4.31 Å². The van der Waals surface area contributed by atoms with Crippen molar-refractivity contribution in [2.45, 2.75) is 17.9 Å². The predicted molar refractivity (Wildman–Crippen MR) is 85.0 cm³/mol. The zero-order valence-electron chi connectivity index (χ0n) is 12.8. The van der Waals surface area contributed by atoms with Gasteiger partial charge in [-0.05, 0) is 37.3 Å². The number of pyridine rings is 1. The molecule has 1 aromatic carbocycles. The van der Waals surface area contributed by atoms with Crippen LogP contribution in [0.2, 0.25) is 0 Å². The van der Waals surface area contributed by atoms with Crippen LogP contribution in [-0.4, -0.2) is 43.5 Å². The maximum Gasteiger partial charge on any atom is 0.243 e. The van der Waals surface area contributed by atoms with E-state index in [1.165, 1.54) is 4.31 Å². The van der Waals surface area contributed by atoms with E-state index in [4.69, 9.17) is 9.47 Å². The van der Waals surface area contributed by atoms with Crippen molar-refractivity contribution in [1.29, 1.82) is 0 Å². The number of aromatic nitrogens is 1. The lowest BCUT2D eigenvalue weighted by molar-refractivity contribution is 0.0721. The van der Waals surface area contributed by atoms with Crippen molar-refractivity contribution in [3.05, 3.63) is 48.7 Å². The van der Waals surface area contributed by atoms with E-state index in [0.717, 1.165) is 0 Å². The number of hydrogen-bond donors (Lipinski definition) is 0. The normalized spacial score (nSPS) is 15.9. The maximum absolute atomic E-state index is 12.5. The number of ether oxygens (including phenoxy) is 2. The van der Waals surface area contributed by atoms with E-state index < -0.39 is 10.0 Å². The number of benzene rings is 1. The predicted octanol–water partition coefficient (Wildman–Crippen LogP) is 1.93. The van der Waals surface area contributed by atoms with Gasteiger partial charge in [0.15, 0.2) is 0 Å². The molecular weight excluding hydrogens is 316 g/mol. The Balaban J connectivity index is 1.61. The maximum atomic E-state index is 12.5. The van der Waals surface area contributed by atoms with Crippen molar-refractivity contribution in [2.75, 3.05) is 19.7 Å². The van der Waals surface area contributed by atoms with Gasteiger partial charge < -0.3 is 9.47 Å². The van der Waals surface area contributed by atoms with Crippen molar-refractivity contribution in [3.8, 4) is 11.6 Å². The Bertz CT molecular complexity index is 741. The van der Waals surface area contributed by atoms with Crippen LogP contribution in [0.25, 0.3) is 0 Å². The highest BCUT2D eigenvalue weighted by molar-refractivity contribution is 7.89. The lowest BCUT2D eigenvalue weighted by Crippen LogP contribution is -2.56. The summed E-state index contributed by atoms with van der Waals surface area (Å²) < 4.78 is 37.3. The molecule has 3 rings (SSSR count). The standard InChI is InChI=1S/C16H18N2O4S/c1-2-21-13-6-8-15(9-7-13)23(19,20)18-11-14(12-18)22-16-5-3-4-10-17-16/h3-10,14H,2,11-12H2,1H3. The first-order chi connectivity index (χ1) is 11.1. The van der Waals surface area contributed by atoms with Crippen LogP contribution in [0.15, 0.2) is 53.6 Å². The van der Waals surface area contributed by atoms with E-state index in [2.05, 4.69) is 4.98 Å². The molecule has 0 aliphatic carbocycles. The average Bonchev–Trinajstić information content (AvgIpc) is 2.52. The van der Waals surface area contributed by atoms with Gasteiger partial charge in [0.2, 0.25) is 15.9 Å². The molecule has 0 atom stereocenters. The summed E-state index contributed by atoms with van der Waals surface area (Å²) in [5.41, 5.74) is 0. The molecule has 0 spiro atoms. The van der Waals surface area contributed by atoms with Gasteiger partial charge in [-0.3, -0.25) is 0 Å². The molecule has 0 unspecified atom stereocenters. The van der Waals surface area contributed by atoms with Crippen molar-refractivity contribution in [2.24, 2.45) is 0 Å². The lowest BCUT2D eigenvalue weighted by Gasteiger charge is -2.37. The molecule has 1 aliphatic heterocycles. The van der Waals surface area contributed by atoms with Crippen LogP contribution < -0.4 is 9.47 Å². The van der Waals surface area contributed by atoms with Gasteiger partial charge in [0.05, 0.1) is 24.6 Å². The summed E-state index contributed by atoms with van der Waals surface area (Å²) >= 11 is 0. The van der Waals surface area contributed by atoms with E-state index in [1.54, 1.807) is 42.6 Å². The first kappa shape index (κ1) is 15.8. The van der Waals surface area contributed by atoms with E-state index >= 15 is 0 Å². The van der Waals surface area contributed by atoms with Gasteiger partial charge in [-0.1, -0.05) is 6.07 Å². The van der Waals surface area contributed by atoms with Crippen molar-refractivity contribution in [3.63, 3.8) is 0 Å². The fourth-order valence-corrected chi connectivity index (χ4v) is 3.79. The Hall–Kier alpha value is -2.12. The van der Waals surface area contributed by atoms with Crippen LogP contribution >= 0.6 is 0 Å². The van der Waals surface area contributed by atoms with Gasteiger partial charge in [-0.25, -0.2) is 13.4 Å². The quantitative estimate of drug-likeness (QED) is 0.807. The largest absolute Gasteiger partial charge is 0.494 e. The second kappa shape index (κ2) is 6.55. The summed E-state index contributed by atoms with van der Waals surface area (Å²) in [5, 5.41) is 0. The third kappa shape index (κ3) is 3.46. The van der Waals surface area contributed by atoms with Crippen LogP contribution in [-0.2, 0) is 10.0 Å². The molecule has 122 valence electrons. The topological polar surface area (TPSA) is 68.7 Å². The highest BCUT2D eigenvalue weighted by Crippen LogP contribution is 2.25. The Labute approximate surface area is 135 Å². The van der Waals surface area contributed by atoms with Crippen LogP contribution in [0.1, 0.15) is 6.92 Å². The molecule has 2 heterocycles. The fourth-order valence-electron chi connectivity index (χ4n) is 2.28. The number of sulfonamides is 1. The third-order valence-corrected chi connectivity index (χ3v) is 5.36. The summed E-state index contributed by atoms with van der Waals surface area (Å²) in [6, 6.07) is 11.8. The number of rotatable bonds is 6. The first-order valence-electron chi connectivity index (χ1n) is 7.40. The first-order valence-corrected chi connectivity index (χ1v) is 8.84. The zero-order valence-corrected chi connectivity index (χ0v) is 13.6. The van der Waals surface area contributed by atoms with Gasteiger partial charge >= 0.3 is 0 Å². The second-order valence-corrected chi connectivity index (χ2v) is 7.07. The molecule has 0 amide bonds. The molecule has 23 heavy (non-hydrogen) atoms. The van der Waals surface area contributed by atoms with E-state index in [1.807, 2.05) is 13.0 Å². The summed E-state index contributed by atoms with van der Waals surface area (Å²) in [6.07, 6.45) is 1.48. The molecule has 1 aliphatic rings. The van der Waals surface area contributed by atoms with Crippen LogP contribution in [0.4, 0.5) is 0 Å². The molecule has 2 aromatic rings. The highest BCUT2D eigenvalue weighted by Gasteiger charge is 2.38. The molecule has 0 N–H and O–H groups in total. The van der Waals surface area contributed by atoms with Crippen molar-refractivity contribution < 1.29 is 17.9 Å². The summed E-state index contributed by atoms with van der Waals surface area (Å²) in [6.45, 7) is 3.08. The Kier molecular flexibility index (Phi) is 4.49. The van der Waals surface area contributed by atoms with E-state index in [9.17, 15) is 8.42 Å². The van der Waals surface area contributed by atoms with Gasteiger partial charge in [0.25, 0.3) is 0 Å². The highest BCUT2D eigenvalue weighted by atomic mass is 32.2. The molecular formula is C16H18N2O4S. The average molecular weight is 334 g/mol. The van der Waals surface area contributed by atoms with Crippen LogP contribution in [0.3, 0.4) is 0 Å². The van der Waals surface area contributed by atoms with Crippen LogP contribution in [0.5, 0.6) is 11.6 Å². The SMILES string of the molecule is CCOc1ccc(S(=O)(=O)N2CC(Oc3ccccn3)C2)cc1. The molecule has 0 radical (unpaired) electrons. The minimum atomic E-state index is -3.48. The third-order valence-electron chi connectivity index (χ3n) is 3.51. The Morgan fingerprint density at radius 3 is 2.52 bits per heavy atom.